The molecule has 1 aromatic rings. The maximum Gasteiger partial charge on any atom is 0.257 e. The van der Waals surface area contributed by atoms with Gasteiger partial charge in [0.2, 0.25) is 0 Å². The zero-order valence-corrected chi connectivity index (χ0v) is 11.0. The van der Waals surface area contributed by atoms with Gasteiger partial charge in [-0.1, -0.05) is 6.07 Å². The Hall–Kier alpha value is -1.75. The topological polar surface area (TPSA) is 73.6 Å². The van der Waals surface area contributed by atoms with Crippen molar-refractivity contribution in [2.24, 2.45) is 0 Å². The van der Waals surface area contributed by atoms with Crippen molar-refractivity contribution in [3.8, 4) is 5.75 Å². The van der Waals surface area contributed by atoms with Gasteiger partial charge in [-0.2, -0.15) is 0 Å². The first-order chi connectivity index (χ1) is 8.60. The molecule has 0 aliphatic rings. The molecule has 0 saturated carbocycles. The van der Waals surface area contributed by atoms with E-state index < -0.39 is 0 Å². The molecule has 0 fully saturated rings. The van der Waals surface area contributed by atoms with Gasteiger partial charge < -0.3 is 20.5 Å². The minimum absolute atomic E-state index is 0.0325. The molecule has 1 amide bonds. The van der Waals surface area contributed by atoms with Crippen molar-refractivity contribution in [1.82, 2.24) is 5.32 Å². The summed E-state index contributed by atoms with van der Waals surface area (Å²) in [4.78, 5) is 12.0. The van der Waals surface area contributed by atoms with Crippen LogP contribution in [0.15, 0.2) is 18.2 Å². The number of hydrogen-bond donors (Lipinski definition) is 2. The van der Waals surface area contributed by atoms with E-state index in [-0.39, 0.29) is 12.0 Å². The quantitative estimate of drug-likeness (QED) is 0.751. The van der Waals surface area contributed by atoms with Crippen LogP contribution in [0.1, 0.15) is 24.2 Å². The largest absolute Gasteiger partial charge is 0.496 e. The van der Waals surface area contributed by atoms with Crippen LogP contribution in [0.25, 0.3) is 0 Å². The highest BCUT2D eigenvalue weighted by Crippen LogP contribution is 2.23. The Labute approximate surface area is 107 Å². The molecule has 0 radical (unpaired) electrons. The number of rotatable bonds is 6. The summed E-state index contributed by atoms with van der Waals surface area (Å²) in [6, 6.07) is 5.12. The molecule has 1 aromatic carbocycles. The van der Waals surface area contributed by atoms with E-state index in [0.717, 1.165) is 0 Å². The molecule has 5 heteroatoms. The van der Waals surface area contributed by atoms with Crippen molar-refractivity contribution in [1.29, 1.82) is 0 Å². The molecule has 0 aliphatic carbocycles. The van der Waals surface area contributed by atoms with Crippen molar-refractivity contribution in [2.45, 2.75) is 20.0 Å². The lowest BCUT2D eigenvalue weighted by atomic mass is 10.1. The lowest BCUT2D eigenvalue weighted by Gasteiger charge is -2.14. The van der Waals surface area contributed by atoms with Crippen molar-refractivity contribution < 1.29 is 14.3 Å². The average Bonchev–Trinajstić information content (AvgIpc) is 2.36. The van der Waals surface area contributed by atoms with Crippen molar-refractivity contribution >= 4 is 11.6 Å². The van der Waals surface area contributed by atoms with E-state index >= 15 is 0 Å². The number of carbonyl (C=O) groups excluding carboxylic acids is 1. The molecule has 0 aromatic heterocycles. The van der Waals surface area contributed by atoms with E-state index in [1.807, 2.05) is 13.8 Å². The van der Waals surface area contributed by atoms with E-state index in [0.29, 0.717) is 30.2 Å². The zero-order valence-electron chi connectivity index (χ0n) is 11.0. The fourth-order valence-electron chi connectivity index (χ4n) is 1.63. The Morgan fingerprint density at radius 1 is 1.50 bits per heavy atom. The molecule has 0 aliphatic heterocycles. The van der Waals surface area contributed by atoms with Crippen molar-refractivity contribution in [3.05, 3.63) is 23.8 Å². The van der Waals surface area contributed by atoms with Gasteiger partial charge in [-0.05, 0) is 26.0 Å². The summed E-state index contributed by atoms with van der Waals surface area (Å²) in [5.41, 5.74) is 6.55. The molecular formula is C13H20N2O3. The molecule has 100 valence electrons. The summed E-state index contributed by atoms with van der Waals surface area (Å²) in [5, 5.41) is 2.78. The Morgan fingerprint density at radius 2 is 2.22 bits per heavy atom. The molecule has 0 heterocycles. The Bertz CT molecular complexity index is 407. The van der Waals surface area contributed by atoms with Gasteiger partial charge in [0.05, 0.1) is 13.2 Å². The van der Waals surface area contributed by atoms with E-state index in [2.05, 4.69) is 5.32 Å². The second-order valence-electron chi connectivity index (χ2n) is 3.90. The highest BCUT2D eigenvalue weighted by Gasteiger charge is 2.16. The molecule has 1 unspecified atom stereocenters. The second kappa shape index (κ2) is 6.86. The SMILES string of the molecule is CCOC(C)CNC(=O)c1c(N)cccc1OC. The van der Waals surface area contributed by atoms with Gasteiger partial charge in [-0.25, -0.2) is 0 Å². The fraction of sp³-hybridized carbons (Fsp3) is 0.462. The van der Waals surface area contributed by atoms with Gasteiger partial charge in [-0.3, -0.25) is 4.79 Å². The lowest BCUT2D eigenvalue weighted by molar-refractivity contribution is 0.0694. The summed E-state index contributed by atoms with van der Waals surface area (Å²) >= 11 is 0. The number of amides is 1. The van der Waals surface area contributed by atoms with Crippen LogP contribution < -0.4 is 15.8 Å². The number of carbonyl (C=O) groups is 1. The average molecular weight is 252 g/mol. The number of hydrogen-bond acceptors (Lipinski definition) is 4. The Morgan fingerprint density at radius 3 is 2.83 bits per heavy atom. The van der Waals surface area contributed by atoms with Crippen LogP contribution in [-0.2, 0) is 4.74 Å². The van der Waals surface area contributed by atoms with Crippen LogP contribution in [0.2, 0.25) is 0 Å². The van der Waals surface area contributed by atoms with Gasteiger partial charge >= 0.3 is 0 Å². The monoisotopic (exact) mass is 252 g/mol. The summed E-state index contributed by atoms with van der Waals surface area (Å²) in [6.45, 7) is 4.86. The molecule has 3 N–H and O–H groups in total. The maximum absolute atomic E-state index is 12.0. The number of nitrogens with two attached hydrogens (primary N) is 1. The summed E-state index contributed by atoms with van der Waals surface area (Å²) in [7, 11) is 1.51. The van der Waals surface area contributed by atoms with E-state index in [9.17, 15) is 4.79 Å². The highest BCUT2D eigenvalue weighted by atomic mass is 16.5. The number of benzene rings is 1. The summed E-state index contributed by atoms with van der Waals surface area (Å²) in [6.07, 6.45) is -0.0325. The van der Waals surface area contributed by atoms with Crippen LogP contribution in [0.3, 0.4) is 0 Å². The number of ether oxygens (including phenoxy) is 2. The molecule has 0 saturated heterocycles. The third kappa shape index (κ3) is 3.63. The van der Waals surface area contributed by atoms with Gasteiger partial charge in [-0.15, -0.1) is 0 Å². The van der Waals surface area contributed by atoms with Crippen LogP contribution in [0.5, 0.6) is 5.75 Å². The minimum atomic E-state index is -0.253. The maximum atomic E-state index is 12.0. The van der Waals surface area contributed by atoms with Gasteiger partial charge in [0.25, 0.3) is 5.91 Å². The normalized spacial score (nSPS) is 11.9. The second-order valence-corrected chi connectivity index (χ2v) is 3.90. The van der Waals surface area contributed by atoms with Gasteiger partial charge in [0, 0.05) is 18.8 Å². The van der Waals surface area contributed by atoms with Gasteiger partial charge in [0.1, 0.15) is 11.3 Å². The molecule has 1 atom stereocenters. The van der Waals surface area contributed by atoms with Crippen LogP contribution in [0.4, 0.5) is 5.69 Å². The van der Waals surface area contributed by atoms with E-state index in [1.165, 1.54) is 7.11 Å². The summed E-state index contributed by atoms with van der Waals surface area (Å²) < 4.78 is 10.5. The third-order valence-electron chi connectivity index (χ3n) is 2.51. The predicted octanol–water partition coefficient (Wildman–Crippen LogP) is 1.43. The van der Waals surface area contributed by atoms with E-state index in [1.54, 1.807) is 18.2 Å². The molecule has 18 heavy (non-hydrogen) atoms. The lowest BCUT2D eigenvalue weighted by Crippen LogP contribution is -2.32. The standard InChI is InChI=1S/C13H20N2O3/c1-4-18-9(2)8-15-13(16)12-10(14)6-5-7-11(12)17-3/h5-7,9H,4,8,14H2,1-3H3,(H,15,16). The number of nitrogen functional groups attached to an aromatic ring is 1. The molecule has 0 spiro atoms. The molecule has 1 rings (SSSR count). The smallest absolute Gasteiger partial charge is 0.257 e. The highest BCUT2D eigenvalue weighted by molar-refractivity contribution is 6.01. The van der Waals surface area contributed by atoms with Crippen LogP contribution in [0, 0.1) is 0 Å². The van der Waals surface area contributed by atoms with Crippen molar-refractivity contribution in [3.63, 3.8) is 0 Å². The Kier molecular flexibility index (Phi) is 5.45. The first kappa shape index (κ1) is 14.3. The third-order valence-corrected chi connectivity index (χ3v) is 2.51. The number of nitrogens with one attached hydrogen (secondary N) is 1. The van der Waals surface area contributed by atoms with Crippen LogP contribution >= 0.6 is 0 Å². The Balaban J connectivity index is 2.72. The fourth-order valence-corrected chi connectivity index (χ4v) is 1.63. The zero-order chi connectivity index (χ0) is 13.5. The van der Waals surface area contributed by atoms with Crippen LogP contribution in [-0.4, -0.2) is 32.3 Å². The predicted molar refractivity (Wildman–Crippen MR) is 70.8 cm³/mol. The van der Waals surface area contributed by atoms with Crippen molar-refractivity contribution in [2.75, 3.05) is 26.0 Å². The first-order valence-corrected chi connectivity index (χ1v) is 5.92. The molecular weight excluding hydrogens is 232 g/mol. The van der Waals surface area contributed by atoms with Gasteiger partial charge in [0.15, 0.2) is 0 Å². The number of anilines is 1. The summed E-state index contributed by atoms with van der Waals surface area (Å²) in [5.74, 6) is 0.216. The molecule has 0 bridgehead atoms. The molecule has 5 nitrogen and oxygen atoms in total. The minimum Gasteiger partial charge on any atom is -0.496 e. The number of methoxy groups -OCH3 is 1. The first-order valence-electron chi connectivity index (χ1n) is 5.92. The van der Waals surface area contributed by atoms with E-state index in [4.69, 9.17) is 15.2 Å².